The minimum atomic E-state index is 0.101. The van der Waals surface area contributed by atoms with Crippen molar-refractivity contribution in [3.8, 4) is 0 Å². The summed E-state index contributed by atoms with van der Waals surface area (Å²) in [6.45, 7) is 7.30. The zero-order valence-corrected chi connectivity index (χ0v) is 11.5. The fourth-order valence-electron chi connectivity index (χ4n) is 2.73. The van der Waals surface area contributed by atoms with Crippen LogP contribution in [0, 0.1) is 12.8 Å². The highest BCUT2D eigenvalue weighted by Crippen LogP contribution is 2.16. The Bertz CT molecular complexity index is 407. The van der Waals surface area contributed by atoms with Crippen molar-refractivity contribution >= 4 is 5.78 Å². The first-order valence-electron chi connectivity index (χ1n) is 7.00. The molecule has 1 fully saturated rings. The highest BCUT2D eigenvalue weighted by molar-refractivity contribution is 5.99. The Kier molecular flexibility index (Phi) is 4.54. The Balaban J connectivity index is 1.98. The molecule has 0 spiro atoms. The van der Waals surface area contributed by atoms with Crippen molar-refractivity contribution in [1.29, 1.82) is 0 Å². The number of piperidine rings is 1. The standard InChI is InChI=1S/C16H23NO/c1-13-8-4-5-9-15(13)16(18)14(2)12-17-10-6-3-7-11-17/h4-5,8-9,14H,3,6-7,10-12H2,1-2H3. The van der Waals surface area contributed by atoms with Gasteiger partial charge in [-0.1, -0.05) is 37.6 Å². The third-order valence-electron chi connectivity index (χ3n) is 3.84. The maximum Gasteiger partial charge on any atom is 0.167 e. The number of likely N-dealkylation sites (tertiary alicyclic amines) is 1. The molecule has 2 rings (SSSR count). The van der Waals surface area contributed by atoms with E-state index in [1.165, 1.54) is 19.3 Å². The zero-order valence-electron chi connectivity index (χ0n) is 11.5. The first-order valence-corrected chi connectivity index (χ1v) is 7.00. The van der Waals surface area contributed by atoms with E-state index < -0.39 is 0 Å². The van der Waals surface area contributed by atoms with Crippen molar-refractivity contribution in [2.24, 2.45) is 5.92 Å². The Labute approximate surface area is 110 Å². The molecule has 1 aromatic rings. The molecule has 2 heteroatoms. The van der Waals surface area contributed by atoms with Crippen molar-refractivity contribution < 1.29 is 4.79 Å². The van der Waals surface area contributed by atoms with Crippen LogP contribution in [0.5, 0.6) is 0 Å². The van der Waals surface area contributed by atoms with Gasteiger partial charge >= 0.3 is 0 Å². The predicted octanol–water partition coefficient (Wildman–Crippen LogP) is 3.30. The van der Waals surface area contributed by atoms with Crippen molar-refractivity contribution in [3.63, 3.8) is 0 Å². The van der Waals surface area contributed by atoms with Gasteiger partial charge in [0, 0.05) is 18.0 Å². The van der Waals surface area contributed by atoms with E-state index in [2.05, 4.69) is 11.8 Å². The lowest BCUT2D eigenvalue weighted by molar-refractivity contribution is 0.0883. The minimum Gasteiger partial charge on any atom is -0.303 e. The summed E-state index contributed by atoms with van der Waals surface area (Å²) in [6, 6.07) is 7.90. The molecular weight excluding hydrogens is 222 g/mol. The second kappa shape index (κ2) is 6.14. The number of aryl methyl sites for hydroxylation is 1. The fourth-order valence-corrected chi connectivity index (χ4v) is 2.73. The lowest BCUT2D eigenvalue weighted by Crippen LogP contribution is -2.35. The number of rotatable bonds is 4. The van der Waals surface area contributed by atoms with Crippen LogP contribution in [-0.2, 0) is 0 Å². The SMILES string of the molecule is Cc1ccccc1C(=O)C(C)CN1CCCCC1. The molecule has 18 heavy (non-hydrogen) atoms. The number of carbonyl (C=O) groups is 1. The molecule has 0 saturated carbocycles. The Hall–Kier alpha value is -1.15. The molecule has 0 aliphatic carbocycles. The molecule has 1 aliphatic rings. The molecule has 1 saturated heterocycles. The molecule has 0 N–H and O–H groups in total. The molecule has 0 aromatic heterocycles. The van der Waals surface area contributed by atoms with E-state index >= 15 is 0 Å². The number of nitrogens with zero attached hydrogens (tertiary/aromatic N) is 1. The maximum atomic E-state index is 12.4. The maximum absolute atomic E-state index is 12.4. The summed E-state index contributed by atoms with van der Waals surface area (Å²) >= 11 is 0. The van der Waals surface area contributed by atoms with Crippen molar-refractivity contribution in [2.75, 3.05) is 19.6 Å². The summed E-state index contributed by atoms with van der Waals surface area (Å²) < 4.78 is 0. The van der Waals surface area contributed by atoms with Crippen LogP contribution in [0.3, 0.4) is 0 Å². The molecule has 1 atom stereocenters. The van der Waals surface area contributed by atoms with Crippen LogP contribution in [0.15, 0.2) is 24.3 Å². The number of Topliss-reactive ketones (excluding diaryl/α,β-unsaturated/α-hetero) is 1. The minimum absolute atomic E-state index is 0.101. The number of benzene rings is 1. The first kappa shape index (κ1) is 13.3. The third-order valence-corrected chi connectivity index (χ3v) is 3.84. The van der Waals surface area contributed by atoms with E-state index in [0.29, 0.717) is 5.78 Å². The highest BCUT2D eigenvalue weighted by atomic mass is 16.1. The van der Waals surface area contributed by atoms with E-state index in [4.69, 9.17) is 0 Å². The second-order valence-corrected chi connectivity index (χ2v) is 5.44. The molecule has 1 aliphatic heterocycles. The molecular formula is C16H23NO. The first-order chi connectivity index (χ1) is 8.68. The van der Waals surface area contributed by atoms with E-state index in [-0.39, 0.29) is 5.92 Å². The second-order valence-electron chi connectivity index (χ2n) is 5.44. The van der Waals surface area contributed by atoms with E-state index in [0.717, 1.165) is 30.8 Å². The van der Waals surface area contributed by atoms with E-state index in [1.54, 1.807) is 0 Å². The van der Waals surface area contributed by atoms with Crippen molar-refractivity contribution in [2.45, 2.75) is 33.1 Å². The zero-order chi connectivity index (χ0) is 13.0. The van der Waals surface area contributed by atoms with Crippen LogP contribution in [0.4, 0.5) is 0 Å². The van der Waals surface area contributed by atoms with Crippen LogP contribution in [0.25, 0.3) is 0 Å². The van der Waals surface area contributed by atoms with Crippen LogP contribution >= 0.6 is 0 Å². The summed E-state index contributed by atoms with van der Waals surface area (Å²) in [7, 11) is 0. The van der Waals surface area contributed by atoms with Gasteiger partial charge in [-0.05, 0) is 38.4 Å². The van der Waals surface area contributed by atoms with Gasteiger partial charge < -0.3 is 4.90 Å². The van der Waals surface area contributed by atoms with Gasteiger partial charge in [-0.2, -0.15) is 0 Å². The molecule has 0 radical (unpaired) electrons. The Morgan fingerprint density at radius 3 is 2.56 bits per heavy atom. The van der Waals surface area contributed by atoms with Crippen LogP contribution in [0.1, 0.15) is 42.1 Å². The third kappa shape index (κ3) is 3.20. The van der Waals surface area contributed by atoms with Gasteiger partial charge in [0.15, 0.2) is 5.78 Å². The molecule has 2 nitrogen and oxygen atoms in total. The lowest BCUT2D eigenvalue weighted by atomic mass is 9.95. The smallest absolute Gasteiger partial charge is 0.167 e. The van der Waals surface area contributed by atoms with Gasteiger partial charge in [-0.25, -0.2) is 0 Å². The number of hydrogen-bond acceptors (Lipinski definition) is 2. The topological polar surface area (TPSA) is 20.3 Å². The fraction of sp³-hybridized carbons (Fsp3) is 0.562. The number of ketones is 1. The molecule has 1 aromatic carbocycles. The molecule has 0 amide bonds. The molecule has 98 valence electrons. The average molecular weight is 245 g/mol. The lowest BCUT2D eigenvalue weighted by Gasteiger charge is -2.28. The number of hydrogen-bond donors (Lipinski definition) is 0. The van der Waals surface area contributed by atoms with Gasteiger partial charge in [0.2, 0.25) is 0 Å². The average Bonchev–Trinajstić information content (AvgIpc) is 2.39. The summed E-state index contributed by atoms with van der Waals surface area (Å²) in [6.07, 6.45) is 3.91. The van der Waals surface area contributed by atoms with Gasteiger partial charge in [0.05, 0.1) is 0 Å². The van der Waals surface area contributed by atoms with E-state index in [1.807, 2.05) is 31.2 Å². The summed E-state index contributed by atoms with van der Waals surface area (Å²) in [5.41, 5.74) is 1.98. The molecule has 1 heterocycles. The van der Waals surface area contributed by atoms with Gasteiger partial charge in [-0.3, -0.25) is 4.79 Å². The monoisotopic (exact) mass is 245 g/mol. The summed E-state index contributed by atoms with van der Waals surface area (Å²) in [5.74, 6) is 0.392. The molecule has 0 bridgehead atoms. The summed E-state index contributed by atoms with van der Waals surface area (Å²) in [4.78, 5) is 14.8. The molecule has 1 unspecified atom stereocenters. The van der Waals surface area contributed by atoms with E-state index in [9.17, 15) is 4.79 Å². The van der Waals surface area contributed by atoms with Gasteiger partial charge in [0.25, 0.3) is 0 Å². The van der Waals surface area contributed by atoms with Crippen LogP contribution in [-0.4, -0.2) is 30.3 Å². The Morgan fingerprint density at radius 1 is 1.22 bits per heavy atom. The van der Waals surface area contributed by atoms with Crippen LogP contribution in [0.2, 0.25) is 0 Å². The van der Waals surface area contributed by atoms with Gasteiger partial charge in [-0.15, -0.1) is 0 Å². The quantitative estimate of drug-likeness (QED) is 0.759. The summed E-state index contributed by atoms with van der Waals surface area (Å²) in [5, 5.41) is 0. The van der Waals surface area contributed by atoms with Crippen molar-refractivity contribution in [1.82, 2.24) is 4.90 Å². The van der Waals surface area contributed by atoms with Crippen molar-refractivity contribution in [3.05, 3.63) is 35.4 Å². The largest absolute Gasteiger partial charge is 0.303 e. The normalized spacial score (nSPS) is 18.6. The van der Waals surface area contributed by atoms with Crippen LogP contribution < -0.4 is 0 Å². The predicted molar refractivity (Wildman–Crippen MR) is 75.0 cm³/mol. The number of carbonyl (C=O) groups excluding carboxylic acids is 1. The highest BCUT2D eigenvalue weighted by Gasteiger charge is 2.20. The van der Waals surface area contributed by atoms with Gasteiger partial charge in [0.1, 0.15) is 0 Å². The Morgan fingerprint density at radius 2 is 1.89 bits per heavy atom.